The summed E-state index contributed by atoms with van der Waals surface area (Å²) < 4.78 is 11.0. The molecule has 0 radical (unpaired) electrons. The molecule has 4 rings (SSSR count). The van der Waals surface area contributed by atoms with Crippen LogP contribution in [0.4, 0.5) is 0 Å². The Bertz CT molecular complexity index is 1080. The van der Waals surface area contributed by atoms with Gasteiger partial charge in [0.25, 0.3) is 0 Å². The lowest BCUT2D eigenvalue weighted by molar-refractivity contribution is 0.147. The minimum absolute atomic E-state index is 0.0747. The third kappa shape index (κ3) is 3.66. The van der Waals surface area contributed by atoms with Crippen molar-refractivity contribution in [3.8, 4) is 28.4 Å². The number of fused-ring (bicyclic) bond motifs is 1. The summed E-state index contributed by atoms with van der Waals surface area (Å²) in [6, 6.07) is 8.27. The molecule has 7 heteroatoms. The van der Waals surface area contributed by atoms with E-state index in [4.69, 9.17) is 9.15 Å². The molecule has 0 bridgehead atoms. The van der Waals surface area contributed by atoms with Crippen LogP contribution in [0.25, 0.3) is 22.1 Å². The quantitative estimate of drug-likeness (QED) is 0.701. The van der Waals surface area contributed by atoms with E-state index in [0.717, 1.165) is 26.2 Å². The van der Waals surface area contributed by atoms with E-state index >= 15 is 0 Å². The predicted octanol–water partition coefficient (Wildman–Crippen LogP) is 2.63. The van der Waals surface area contributed by atoms with E-state index < -0.39 is 0 Å². The number of phenolic OH excluding ortho intramolecular Hbond substituents is 2. The van der Waals surface area contributed by atoms with Gasteiger partial charge >= 0.3 is 0 Å². The Balaban J connectivity index is 1.78. The third-order valence-corrected chi connectivity index (χ3v) is 5.48. The maximum Gasteiger partial charge on any atom is 0.204 e. The molecule has 1 saturated heterocycles. The van der Waals surface area contributed by atoms with Crippen molar-refractivity contribution in [2.75, 3.05) is 40.3 Å². The van der Waals surface area contributed by atoms with E-state index in [2.05, 4.69) is 16.8 Å². The van der Waals surface area contributed by atoms with Gasteiger partial charge in [-0.05, 0) is 24.7 Å². The monoisotopic (exact) mass is 396 g/mol. The molecule has 1 aliphatic rings. The van der Waals surface area contributed by atoms with Crippen LogP contribution >= 0.6 is 0 Å². The zero-order valence-corrected chi connectivity index (χ0v) is 16.5. The summed E-state index contributed by atoms with van der Waals surface area (Å²) in [4.78, 5) is 17.6. The van der Waals surface area contributed by atoms with Crippen LogP contribution in [-0.4, -0.2) is 60.3 Å². The first-order valence-electron chi connectivity index (χ1n) is 9.52. The molecule has 2 aromatic carbocycles. The molecule has 1 aromatic heterocycles. The van der Waals surface area contributed by atoms with Gasteiger partial charge in [0.1, 0.15) is 34.5 Å². The van der Waals surface area contributed by atoms with Gasteiger partial charge in [0, 0.05) is 38.8 Å². The highest BCUT2D eigenvalue weighted by molar-refractivity contribution is 5.90. The van der Waals surface area contributed by atoms with Gasteiger partial charge in [-0.15, -0.1) is 0 Å². The molecule has 0 aliphatic carbocycles. The highest BCUT2D eigenvalue weighted by Gasteiger charge is 2.22. The van der Waals surface area contributed by atoms with Gasteiger partial charge in [0.2, 0.25) is 5.43 Å². The number of likely N-dealkylation sites (N-methyl/N-ethyl adjacent to an activating group) is 1. The smallest absolute Gasteiger partial charge is 0.204 e. The van der Waals surface area contributed by atoms with Gasteiger partial charge in [0.15, 0.2) is 0 Å². The normalized spacial score (nSPS) is 15.7. The summed E-state index contributed by atoms with van der Waals surface area (Å²) in [6.07, 6.45) is 1.39. The van der Waals surface area contributed by atoms with E-state index in [1.54, 1.807) is 31.4 Å². The molecule has 2 heterocycles. The molecule has 2 N–H and O–H groups in total. The zero-order chi connectivity index (χ0) is 20.5. The fourth-order valence-corrected chi connectivity index (χ4v) is 3.68. The Morgan fingerprint density at radius 3 is 2.41 bits per heavy atom. The Morgan fingerprint density at radius 2 is 1.76 bits per heavy atom. The summed E-state index contributed by atoms with van der Waals surface area (Å²) in [7, 11) is 3.65. The van der Waals surface area contributed by atoms with Gasteiger partial charge in [-0.3, -0.25) is 9.69 Å². The molecule has 0 spiro atoms. The van der Waals surface area contributed by atoms with Crippen LogP contribution < -0.4 is 10.2 Å². The zero-order valence-electron chi connectivity index (χ0n) is 16.5. The number of ether oxygens (including phenoxy) is 1. The molecule has 0 saturated carbocycles. The van der Waals surface area contributed by atoms with Crippen LogP contribution in [0.1, 0.15) is 5.56 Å². The highest BCUT2D eigenvalue weighted by atomic mass is 16.5. The second-order valence-corrected chi connectivity index (χ2v) is 7.38. The number of methoxy groups -OCH3 is 1. The molecule has 0 unspecified atom stereocenters. The summed E-state index contributed by atoms with van der Waals surface area (Å²) >= 11 is 0. The lowest BCUT2D eigenvalue weighted by Crippen LogP contribution is -2.43. The molecule has 0 atom stereocenters. The van der Waals surface area contributed by atoms with Gasteiger partial charge < -0.3 is 24.3 Å². The van der Waals surface area contributed by atoms with E-state index in [-0.39, 0.29) is 27.9 Å². The molecule has 1 aliphatic heterocycles. The van der Waals surface area contributed by atoms with Gasteiger partial charge in [0.05, 0.1) is 18.2 Å². The van der Waals surface area contributed by atoms with Crippen LogP contribution in [0.5, 0.6) is 17.2 Å². The van der Waals surface area contributed by atoms with Crippen LogP contribution in [0.2, 0.25) is 0 Å². The van der Waals surface area contributed by atoms with E-state index in [1.165, 1.54) is 12.3 Å². The number of hydrogen-bond acceptors (Lipinski definition) is 7. The molecule has 0 amide bonds. The third-order valence-electron chi connectivity index (χ3n) is 5.48. The number of benzene rings is 2. The highest BCUT2D eigenvalue weighted by Crippen LogP contribution is 2.35. The number of phenols is 2. The SMILES string of the molecule is COc1ccc(-c2coc3c(CN4CCN(C)CC4)c(O)cc(O)c3c2=O)cc1. The van der Waals surface area contributed by atoms with E-state index in [0.29, 0.717) is 29.0 Å². The predicted molar refractivity (Wildman–Crippen MR) is 111 cm³/mol. The first kappa shape index (κ1) is 19.3. The summed E-state index contributed by atoms with van der Waals surface area (Å²) in [5, 5.41) is 20.9. The van der Waals surface area contributed by atoms with Crippen molar-refractivity contribution < 1.29 is 19.4 Å². The second kappa shape index (κ2) is 7.77. The Morgan fingerprint density at radius 1 is 1.07 bits per heavy atom. The van der Waals surface area contributed by atoms with E-state index in [9.17, 15) is 15.0 Å². The number of rotatable bonds is 4. The van der Waals surface area contributed by atoms with Crippen molar-refractivity contribution in [2.45, 2.75) is 6.54 Å². The molecular weight excluding hydrogens is 372 g/mol. The Labute approximate surface area is 168 Å². The lowest BCUT2D eigenvalue weighted by atomic mass is 10.0. The van der Waals surface area contributed by atoms with Crippen molar-refractivity contribution >= 4 is 11.0 Å². The molecule has 3 aromatic rings. The lowest BCUT2D eigenvalue weighted by Gasteiger charge is -2.32. The number of nitrogens with zero attached hydrogens (tertiary/aromatic N) is 2. The van der Waals surface area contributed by atoms with Crippen LogP contribution in [-0.2, 0) is 6.54 Å². The van der Waals surface area contributed by atoms with E-state index in [1.807, 2.05) is 0 Å². The summed E-state index contributed by atoms with van der Waals surface area (Å²) in [6.45, 7) is 4.02. The van der Waals surface area contributed by atoms with Crippen LogP contribution in [0.15, 0.2) is 45.8 Å². The fourth-order valence-electron chi connectivity index (χ4n) is 3.68. The number of hydrogen-bond donors (Lipinski definition) is 2. The summed E-state index contributed by atoms with van der Waals surface area (Å²) in [5.41, 5.74) is 1.40. The average molecular weight is 396 g/mol. The maximum atomic E-state index is 13.1. The Kier molecular flexibility index (Phi) is 5.17. The standard InChI is InChI=1S/C22H24N2O5/c1-23-7-9-24(10-8-23)12-16-18(25)11-19(26)20-21(27)17(13-29-22(16)20)14-3-5-15(28-2)6-4-14/h3-6,11,13,25-26H,7-10,12H2,1-2H3. The van der Waals surface area contributed by atoms with Crippen molar-refractivity contribution in [3.63, 3.8) is 0 Å². The van der Waals surface area contributed by atoms with Crippen molar-refractivity contribution in [2.24, 2.45) is 0 Å². The fraction of sp³-hybridized carbons (Fsp3) is 0.318. The first-order valence-corrected chi connectivity index (χ1v) is 9.52. The van der Waals surface area contributed by atoms with Gasteiger partial charge in [-0.25, -0.2) is 0 Å². The second-order valence-electron chi connectivity index (χ2n) is 7.38. The van der Waals surface area contributed by atoms with Gasteiger partial charge in [-0.2, -0.15) is 0 Å². The largest absolute Gasteiger partial charge is 0.507 e. The molecule has 152 valence electrons. The van der Waals surface area contributed by atoms with Crippen molar-refractivity contribution in [1.82, 2.24) is 9.80 Å². The Hall–Kier alpha value is -3.03. The minimum Gasteiger partial charge on any atom is -0.507 e. The first-order chi connectivity index (χ1) is 14.0. The van der Waals surface area contributed by atoms with Crippen LogP contribution in [0, 0.1) is 0 Å². The molecule has 29 heavy (non-hydrogen) atoms. The van der Waals surface area contributed by atoms with Gasteiger partial charge in [-0.1, -0.05) is 12.1 Å². The number of aromatic hydroxyl groups is 2. The number of piperazine rings is 1. The maximum absolute atomic E-state index is 13.1. The molecule has 7 nitrogen and oxygen atoms in total. The topological polar surface area (TPSA) is 86.4 Å². The van der Waals surface area contributed by atoms with Crippen LogP contribution in [0.3, 0.4) is 0 Å². The average Bonchev–Trinajstić information content (AvgIpc) is 2.72. The minimum atomic E-state index is -0.339. The summed E-state index contributed by atoms with van der Waals surface area (Å²) in [5.74, 6) is 0.319. The molecule has 1 fully saturated rings. The van der Waals surface area contributed by atoms with Crippen molar-refractivity contribution in [3.05, 3.63) is 52.4 Å². The van der Waals surface area contributed by atoms with Crippen molar-refractivity contribution in [1.29, 1.82) is 0 Å². The molecular formula is C22H24N2O5.